The molecule has 2 aromatic carbocycles. The minimum Gasteiger partial charge on any atom is -0.340 e. The molecule has 4 rings (SSSR count). The Kier molecular flexibility index (Phi) is 5.79. The van der Waals surface area contributed by atoms with Crippen LogP contribution in [0.5, 0.6) is 0 Å². The van der Waals surface area contributed by atoms with Gasteiger partial charge < -0.3 is 14.4 Å². The molecule has 1 aliphatic heterocycles. The van der Waals surface area contributed by atoms with Crippen LogP contribution in [0, 0.1) is 12.7 Å². The van der Waals surface area contributed by atoms with E-state index in [1.807, 2.05) is 12.1 Å². The molecule has 0 radical (unpaired) electrons. The van der Waals surface area contributed by atoms with Crippen molar-refractivity contribution in [2.24, 2.45) is 0 Å². The number of aromatic nitrogens is 1. The van der Waals surface area contributed by atoms with Gasteiger partial charge in [0.25, 0.3) is 0 Å². The first kappa shape index (κ1) is 19.2. The summed E-state index contributed by atoms with van der Waals surface area (Å²) in [5, 5.41) is 1.31. The second kappa shape index (κ2) is 8.46. The number of benzene rings is 2. The van der Waals surface area contributed by atoms with E-state index in [1.54, 1.807) is 12.1 Å². The van der Waals surface area contributed by atoms with Gasteiger partial charge in [0.15, 0.2) is 0 Å². The fourth-order valence-corrected chi connectivity index (χ4v) is 4.37. The molecule has 0 bridgehead atoms. The van der Waals surface area contributed by atoms with E-state index in [2.05, 4.69) is 52.6 Å². The zero-order valence-electron chi connectivity index (χ0n) is 17.0. The molecule has 1 fully saturated rings. The first-order valence-electron chi connectivity index (χ1n) is 10.3. The lowest BCUT2D eigenvalue weighted by molar-refractivity contribution is 0.153. The molecule has 1 aromatic heterocycles. The fraction of sp³-hybridized carbons (Fsp3) is 0.417. The number of halogens is 1. The van der Waals surface area contributed by atoms with Gasteiger partial charge in [-0.25, -0.2) is 4.39 Å². The number of para-hydroxylation sites is 1. The molecule has 2 heterocycles. The number of piperazine rings is 1. The predicted octanol–water partition coefficient (Wildman–Crippen LogP) is 4.32. The second-order valence-electron chi connectivity index (χ2n) is 8.01. The highest BCUT2D eigenvalue weighted by Crippen LogP contribution is 2.28. The van der Waals surface area contributed by atoms with E-state index in [1.165, 1.54) is 48.3 Å². The van der Waals surface area contributed by atoms with Crippen molar-refractivity contribution in [2.75, 3.05) is 39.8 Å². The zero-order valence-corrected chi connectivity index (χ0v) is 17.0. The summed E-state index contributed by atoms with van der Waals surface area (Å²) in [4.78, 5) is 4.98. The summed E-state index contributed by atoms with van der Waals surface area (Å²) in [7, 11) is 2.20. The third-order valence-electron chi connectivity index (χ3n) is 6.14. The summed E-state index contributed by atoms with van der Waals surface area (Å²) in [6, 6.07) is 15.7. The van der Waals surface area contributed by atoms with E-state index in [-0.39, 0.29) is 5.82 Å². The molecular weight excluding hydrogens is 349 g/mol. The van der Waals surface area contributed by atoms with Crippen molar-refractivity contribution in [3.05, 3.63) is 71.2 Å². The quantitative estimate of drug-likeness (QED) is 0.632. The Morgan fingerprint density at radius 1 is 0.929 bits per heavy atom. The van der Waals surface area contributed by atoms with Crippen LogP contribution in [0.15, 0.2) is 48.5 Å². The van der Waals surface area contributed by atoms with E-state index >= 15 is 0 Å². The lowest BCUT2D eigenvalue weighted by Crippen LogP contribution is -2.44. The summed E-state index contributed by atoms with van der Waals surface area (Å²) in [6.45, 7) is 8.60. The second-order valence-corrected chi connectivity index (χ2v) is 8.01. The predicted molar refractivity (Wildman–Crippen MR) is 114 cm³/mol. The smallest absolute Gasteiger partial charge is 0.128 e. The highest BCUT2D eigenvalue weighted by Gasteiger charge is 2.17. The summed E-state index contributed by atoms with van der Waals surface area (Å²) in [5.74, 6) is -0.128. The summed E-state index contributed by atoms with van der Waals surface area (Å²) in [5.41, 5.74) is 4.64. The van der Waals surface area contributed by atoms with Gasteiger partial charge in [0.05, 0.1) is 6.54 Å². The van der Waals surface area contributed by atoms with Gasteiger partial charge in [0.2, 0.25) is 0 Å². The number of likely N-dealkylation sites (N-methyl/N-ethyl adjacent to an activating group) is 1. The molecule has 0 atom stereocenters. The van der Waals surface area contributed by atoms with Crippen LogP contribution in [-0.4, -0.2) is 54.1 Å². The van der Waals surface area contributed by atoms with Crippen molar-refractivity contribution < 1.29 is 4.39 Å². The van der Waals surface area contributed by atoms with Gasteiger partial charge in [-0.2, -0.15) is 0 Å². The van der Waals surface area contributed by atoms with Crippen LogP contribution in [0.25, 0.3) is 10.9 Å². The Bertz CT molecular complexity index is 938. The van der Waals surface area contributed by atoms with Crippen LogP contribution in [0.1, 0.15) is 23.2 Å². The van der Waals surface area contributed by atoms with E-state index in [0.29, 0.717) is 6.54 Å². The molecule has 4 heteroatoms. The third kappa shape index (κ3) is 3.98. The molecular formula is C24H30FN3. The summed E-state index contributed by atoms with van der Waals surface area (Å²) < 4.78 is 16.5. The highest BCUT2D eigenvalue weighted by atomic mass is 19.1. The molecule has 0 amide bonds. The lowest BCUT2D eigenvalue weighted by atomic mass is 10.1. The molecule has 3 nitrogen and oxygen atoms in total. The van der Waals surface area contributed by atoms with Gasteiger partial charge in [-0.3, -0.25) is 0 Å². The van der Waals surface area contributed by atoms with Crippen molar-refractivity contribution in [3.63, 3.8) is 0 Å². The van der Waals surface area contributed by atoms with Crippen molar-refractivity contribution >= 4 is 10.9 Å². The van der Waals surface area contributed by atoms with Gasteiger partial charge in [0.1, 0.15) is 5.82 Å². The van der Waals surface area contributed by atoms with Crippen LogP contribution >= 0.6 is 0 Å². The summed E-state index contributed by atoms with van der Waals surface area (Å²) in [6.07, 6.45) is 2.24. The van der Waals surface area contributed by atoms with Crippen LogP contribution in [0.2, 0.25) is 0 Å². The Morgan fingerprint density at radius 2 is 1.64 bits per heavy atom. The van der Waals surface area contributed by atoms with E-state index in [4.69, 9.17) is 0 Å². The van der Waals surface area contributed by atoms with Crippen LogP contribution in [0.4, 0.5) is 4.39 Å². The maximum Gasteiger partial charge on any atom is 0.128 e. The third-order valence-corrected chi connectivity index (χ3v) is 6.14. The van der Waals surface area contributed by atoms with E-state index < -0.39 is 0 Å². The minimum absolute atomic E-state index is 0.128. The van der Waals surface area contributed by atoms with Crippen LogP contribution in [-0.2, 0) is 13.0 Å². The Hall–Kier alpha value is -2.17. The minimum atomic E-state index is -0.128. The topological polar surface area (TPSA) is 11.4 Å². The number of aryl methyl sites for hydroxylation is 1. The SMILES string of the molecule is Cc1c(CCCN2CCN(C)CC2)c2ccccc2n1Cc1ccccc1F. The van der Waals surface area contributed by atoms with Gasteiger partial charge in [0, 0.05) is 48.3 Å². The molecule has 28 heavy (non-hydrogen) atoms. The van der Waals surface area contributed by atoms with Crippen molar-refractivity contribution in [1.29, 1.82) is 0 Å². The van der Waals surface area contributed by atoms with Crippen molar-refractivity contribution in [1.82, 2.24) is 14.4 Å². The number of hydrogen-bond acceptors (Lipinski definition) is 2. The number of nitrogens with zero attached hydrogens (tertiary/aromatic N) is 3. The Balaban J connectivity index is 1.53. The summed E-state index contributed by atoms with van der Waals surface area (Å²) >= 11 is 0. The van der Waals surface area contributed by atoms with Gasteiger partial charge in [-0.05, 0) is 51.1 Å². The molecule has 3 aromatic rings. The molecule has 148 valence electrons. The molecule has 0 saturated carbocycles. The molecule has 0 spiro atoms. The highest BCUT2D eigenvalue weighted by molar-refractivity contribution is 5.85. The zero-order chi connectivity index (χ0) is 19.5. The maximum absolute atomic E-state index is 14.2. The molecule has 0 unspecified atom stereocenters. The van der Waals surface area contributed by atoms with Gasteiger partial charge in [-0.1, -0.05) is 36.4 Å². The normalized spacial score (nSPS) is 16.1. The monoisotopic (exact) mass is 379 g/mol. The van der Waals surface area contributed by atoms with Gasteiger partial charge in [-0.15, -0.1) is 0 Å². The first-order valence-corrected chi connectivity index (χ1v) is 10.3. The van der Waals surface area contributed by atoms with Crippen molar-refractivity contribution in [2.45, 2.75) is 26.3 Å². The van der Waals surface area contributed by atoms with Crippen LogP contribution in [0.3, 0.4) is 0 Å². The Labute approximate surface area is 167 Å². The average Bonchev–Trinajstić information content (AvgIpc) is 2.97. The largest absolute Gasteiger partial charge is 0.340 e. The maximum atomic E-state index is 14.2. The fourth-order valence-electron chi connectivity index (χ4n) is 4.37. The average molecular weight is 380 g/mol. The molecule has 1 saturated heterocycles. The van der Waals surface area contributed by atoms with Crippen molar-refractivity contribution in [3.8, 4) is 0 Å². The standard InChI is InChI=1S/C24H30FN3/c1-19-21(10-7-13-27-16-14-26(2)15-17-27)22-9-4-6-12-24(22)28(19)18-20-8-3-5-11-23(20)25/h3-6,8-9,11-12H,7,10,13-18H2,1-2H3. The van der Waals surface area contributed by atoms with E-state index in [0.717, 1.165) is 24.9 Å². The number of rotatable bonds is 6. The molecule has 0 N–H and O–H groups in total. The van der Waals surface area contributed by atoms with E-state index in [9.17, 15) is 4.39 Å². The molecule has 1 aliphatic rings. The van der Waals surface area contributed by atoms with Crippen LogP contribution < -0.4 is 0 Å². The Morgan fingerprint density at radius 3 is 2.43 bits per heavy atom. The first-order chi connectivity index (χ1) is 13.6. The van der Waals surface area contributed by atoms with Gasteiger partial charge >= 0.3 is 0 Å². The lowest BCUT2D eigenvalue weighted by Gasteiger charge is -2.32. The number of fused-ring (bicyclic) bond motifs is 1. The number of hydrogen-bond donors (Lipinski definition) is 0. The molecule has 0 aliphatic carbocycles.